The highest BCUT2D eigenvalue weighted by molar-refractivity contribution is 7.12. The summed E-state index contributed by atoms with van der Waals surface area (Å²) in [6, 6.07) is 2.76. The van der Waals surface area contributed by atoms with E-state index in [4.69, 9.17) is 0 Å². The van der Waals surface area contributed by atoms with Gasteiger partial charge in [0.15, 0.2) is 5.78 Å². The van der Waals surface area contributed by atoms with Crippen molar-refractivity contribution in [1.82, 2.24) is 5.32 Å². The molecule has 1 N–H and O–H groups in total. The van der Waals surface area contributed by atoms with E-state index in [1.807, 2.05) is 0 Å². The molecule has 16 heavy (non-hydrogen) atoms. The summed E-state index contributed by atoms with van der Waals surface area (Å²) in [5.74, 6) is 1.82. The lowest BCUT2D eigenvalue weighted by atomic mass is 10.2. The lowest BCUT2D eigenvalue weighted by molar-refractivity contribution is 0.102. The van der Waals surface area contributed by atoms with Crippen LogP contribution in [0.25, 0.3) is 0 Å². The van der Waals surface area contributed by atoms with Crippen LogP contribution in [0.3, 0.4) is 0 Å². The summed E-state index contributed by atoms with van der Waals surface area (Å²) in [4.78, 5) is 12.1. The van der Waals surface area contributed by atoms with E-state index in [0.717, 1.165) is 10.8 Å². The van der Waals surface area contributed by atoms with Crippen molar-refractivity contribution in [3.63, 3.8) is 0 Å². The number of thiophene rings is 1. The maximum absolute atomic E-state index is 11.2. The fourth-order valence-electron chi connectivity index (χ4n) is 2.16. The van der Waals surface area contributed by atoms with Crippen molar-refractivity contribution in [1.29, 1.82) is 0 Å². The Morgan fingerprint density at radius 2 is 2.38 bits per heavy atom. The molecule has 2 fully saturated rings. The lowest BCUT2D eigenvalue weighted by Crippen LogP contribution is -2.20. The molecule has 0 saturated heterocycles. The van der Waals surface area contributed by atoms with Crippen molar-refractivity contribution in [2.24, 2.45) is 5.92 Å². The molecule has 0 radical (unpaired) electrons. The first-order chi connectivity index (χ1) is 7.74. The lowest BCUT2D eigenvalue weighted by Gasteiger charge is -2.00. The summed E-state index contributed by atoms with van der Waals surface area (Å²) in [5.41, 5.74) is 1.36. The standard InChI is InChI=1S/C13H17NOS/c1-8(15)13-4-10(7-16-13)11-5-12(11)14-6-9-2-3-9/h4,7,9,11-12,14H,2-3,5-6H2,1H3/t11-,12+/m0/s1. The number of carbonyl (C=O) groups excluding carboxylic acids is 1. The van der Waals surface area contributed by atoms with Crippen LogP contribution in [0.5, 0.6) is 0 Å². The number of hydrogen-bond acceptors (Lipinski definition) is 3. The van der Waals surface area contributed by atoms with E-state index in [0.29, 0.717) is 12.0 Å². The molecule has 0 amide bonds. The van der Waals surface area contributed by atoms with E-state index in [-0.39, 0.29) is 5.78 Å². The molecule has 3 rings (SSSR count). The molecule has 0 aliphatic heterocycles. The zero-order valence-electron chi connectivity index (χ0n) is 9.53. The Morgan fingerprint density at radius 1 is 1.56 bits per heavy atom. The molecule has 3 heteroatoms. The monoisotopic (exact) mass is 235 g/mol. The van der Waals surface area contributed by atoms with Gasteiger partial charge in [0, 0.05) is 12.0 Å². The summed E-state index contributed by atoms with van der Waals surface area (Å²) in [5, 5.41) is 5.78. The van der Waals surface area contributed by atoms with E-state index in [1.54, 1.807) is 18.3 Å². The molecule has 1 aromatic rings. The number of ketones is 1. The summed E-state index contributed by atoms with van der Waals surface area (Å²) >= 11 is 1.59. The Bertz CT molecular complexity index is 408. The topological polar surface area (TPSA) is 29.1 Å². The Kier molecular flexibility index (Phi) is 2.60. The van der Waals surface area contributed by atoms with Crippen LogP contribution in [-0.2, 0) is 0 Å². The highest BCUT2D eigenvalue weighted by atomic mass is 32.1. The number of nitrogens with one attached hydrogen (secondary N) is 1. The summed E-state index contributed by atoms with van der Waals surface area (Å²) in [7, 11) is 0. The zero-order chi connectivity index (χ0) is 11.1. The first-order valence-electron chi connectivity index (χ1n) is 6.07. The van der Waals surface area contributed by atoms with Crippen LogP contribution in [0.4, 0.5) is 0 Å². The van der Waals surface area contributed by atoms with Gasteiger partial charge in [-0.1, -0.05) is 0 Å². The van der Waals surface area contributed by atoms with Gasteiger partial charge in [-0.25, -0.2) is 0 Å². The largest absolute Gasteiger partial charge is 0.313 e. The predicted octanol–water partition coefficient (Wildman–Crippen LogP) is 2.81. The van der Waals surface area contributed by atoms with Crippen LogP contribution in [0, 0.1) is 5.92 Å². The van der Waals surface area contributed by atoms with Crippen molar-refractivity contribution >= 4 is 17.1 Å². The molecule has 0 spiro atoms. The van der Waals surface area contributed by atoms with Gasteiger partial charge in [0.2, 0.25) is 0 Å². The molecule has 0 aromatic carbocycles. The minimum Gasteiger partial charge on any atom is -0.313 e. The van der Waals surface area contributed by atoms with E-state index in [9.17, 15) is 4.79 Å². The van der Waals surface area contributed by atoms with Crippen molar-refractivity contribution in [3.8, 4) is 0 Å². The Balaban J connectivity index is 1.55. The average molecular weight is 235 g/mol. The number of rotatable bonds is 5. The molecule has 86 valence electrons. The van der Waals surface area contributed by atoms with Gasteiger partial charge in [-0.2, -0.15) is 0 Å². The molecule has 2 nitrogen and oxygen atoms in total. The van der Waals surface area contributed by atoms with Crippen molar-refractivity contribution in [2.75, 3.05) is 6.54 Å². The average Bonchev–Trinajstić information content (AvgIpc) is 3.15. The second-order valence-electron chi connectivity index (χ2n) is 5.10. The van der Waals surface area contributed by atoms with E-state index in [2.05, 4.69) is 16.8 Å². The Hall–Kier alpha value is -0.670. The van der Waals surface area contributed by atoms with Crippen LogP contribution in [0.2, 0.25) is 0 Å². The summed E-state index contributed by atoms with van der Waals surface area (Å²) in [6.45, 7) is 2.84. The van der Waals surface area contributed by atoms with Crippen molar-refractivity contribution < 1.29 is 4.79 Å². The quantitative estimate of drug-likeness (QED) is 0.795. The maximum Gasteiger partial charge on any atom is 0.169 e. The smallest absolute Gasteiger partial charge is 0.169 e. The fourth-order valence-corrected chi connectivity index (χ4v) is 3.03. The molecule has 2 aliphatic rings. The molecule has 1 aromatic heterocycles. The van der Waals surface area contributed by atoms with Crippen LogP contribution in [0.1, 0.15) is 47.3 Å². The SMILES string of the molecule is CC(=O)c1cc([C@@H]2C[C@H]2NCC2CC2)cs1. The Morgan fingerprint density at radius 3 is 3.00 bits per heavy atom. The van der Waals surface area contributed by atoms with Gasteiger partial charge >= 0.3 is 0 Å². The molecule has 0 bridgehead atoms. The van der Waals surface area contributed by atoms with Gasteiger partial charge in [0.1, 0.15) is 0 Å². The third-order valence-corrected chi connectivity index (χ3v) is 4.60. The van der Waals surface area contributed by atoms with Gasteiger partial charge in [0.05, 0.1) is 4.88 Å². The second-order valence-corrected chi connectivity index (χ2v) is 6.01. The number of Topliss-reactive ketones (excluding diaryl/α,β-unsaturated/α-hetero) is 1. The normalized spacial score (nSPS) is 28.1. The van der Waals surface area contributed by atoms with E-state index >= 15 is 0 Å². The molecule has 2 aliphatic carbocycles. The summed E-state index contributed by atoms with van der Waals surface area (Å²) in [6.07, 6.45) is 4.08. The number of carbonyl (C=O) groups is 1. The van der Waals surface area contributed by atoms with Gasteiger partial charge in [-0.15, -0.1) is 11.3 Å². The highest BCUT2D eigenvalue weighted by Gasteiger charge is 2.39. The first-order valence-corrected chi connectivity index (χ1v) is 6.95. The van der Waals surface area contributed by atoms with Gasteiger partial charge in [0.25, 0.3) is 0 Å². The molecule has 0 unspecified atom stereocenters. The van der Waals surface area contributed by atoms with Crippen LogP contribution in [-0.4, -0.2) is 18.4 Å². The minimum atomic E-state index is 0.194. The van der Waals surface area contributed by atoms with Crippen LogP contribution < -0.4 is 5.32 Å². The zero-order valence-corrected chi connectivity index (χ0v) is 10.3. The third-order valence-electron chi connectivity index (χ3n) is 3.55. The molecule has 2 saturated carbocycles. The van der Waals surface area contributed by atoms with Crippen molar-refractivity contribution in [3.05, 3.63) is 21.9 Å². The van der Waals surface area contributed by atoms with Crippen LogP contribution in [0.15, 0.2) is 11.4 Å². The predicted molar refractivity (Wildman–Crippen MR) is 66.2 cm³/mol. The Labute approximate surface area is 100 Å². The van der Waals surface area contributed by atoms with Crippen molar-refractivity contribution in [2.45, 2.75) is 38.1 Å². The highest BCUT2D eigenvalue weighted by Crippen LogP contribution is 2.43. The first kappa shape index (κ1) is 10.5. The number of hydrogen-bond donors (Lipinski definition) is 1. The maximum atomic E-state index is 11.2. The van der Waals surface area contributed by atoms with Gasteiger partial charge in [-0.05, 0) is 55.7 Å². The second kappa shape index (κ2) is 3.97. The molecular weight excluding hydrogens is 218 g/mol. The van der Waals surface area contributed by atoms with Gasteiger partial charge < -0.3 is 5.32 Å². The minimum absolute atomic E-state index is 0.194. The van der Waals surface area contributed by atoms with E-state index in [1.165, 1.54) is 31.4 Å². The van der Waals surface area contributed by atoms with Gasteiger partial charge in [-0.3, -0.25) is 4.79 Å². The molecule has 2 atom stereocenters. The summed E-state index contributed by atoms with van der Waals surface area (Å²) < 4.78 is 0. The molecular formula is C13H17NOS. The molecule has 1 heterocycles. The van der Waals surface area contributed by atoms with E-state index < -0.39 is 0 Å². The third kappa shape index (κ3) is 2.20. The van der Waals surface area contributed by atoms with Crippen LogP contribution >= 0.6 is 11.3 Å². The fraction of sp³-hybridized carbons (Fsp3) is 0.615.